The van der Waals surface area contributed by atoms with Gasteiger partial charge in [-0.2, -0.15) is 0 Å². The summed E-state index contributed by atoms with van der Waals surface area (Å²) in [5.74, 6) is -1.93. The number of fused-ring (bicyclic) bond motifs is 1. The zero-order chi connectivity index (χ0) is 23.7. The Hall–Kier alpha value is -3.66. The summed E-state index contributed by atoms with van der Waals surface area (Å²) in [4.78, 5) is 66.7. The Balaban J connectivity index is 1.54. The minimum atomic E-state index is -0.799. The molecule has 1 aliphatic rings. The van der Waals surface area contributed by atoms with Crippen LogP contribution in [-0.4, -0.2) is 33.1 Å². The fourth-order valence-corrected chi connectivity index (χ4v) is 4.74. The predicted molar refractivity (Wildman–Crippen MR) is 122 cm³/mol. The highest BCUT2D eigenvalue weighted by molar-refractivity contribution is 7.11. The largest absolute Gasteiger partial charge is 0.344 e. The summed E-state index contributed by atoms with van der Waals surface area (Å²) >= 11 is 1.24. The van der Waals surface area contributed by atoms with E-state index in [4.69, 9.17) is 0 Å². The summed E-state index contributed by atoms with van der Waals surface area (Å²) in [6.07, 6.45) is 1.22. The number of hydrogen-bond acceptors (Lipinski definition) is 7. The van der Waals surface area contributed by atoms with Gasteiger partial charge in [0.15, 0.2) is 0 Å². The fourth-order valence-electron chi connectivity index (χ4n) is 3.84. The quantitative estimate of drug-likeness (QED) is 0.324. The normalized spacial score (nSPS) is 16.0. The maximum absolute atomic E-state index is 13.1. The molecule has 9 nitrogen and oxygen atoms in total. The van der Waals surface area contributed by atoms with Crippen molar-refractivity contribution in [2.45, 2.75) is 45.7 Å². The van der Waals surface area contributed by atoms with Gasteiger partial charge in [0, 0.05) is 17.4 Å². The molecule has 0 aliphatic carbocycles. The van der Waals surface area contributed by atoms with Crippen molar-refractivity contribution in [2.75, 3.05) is 0 Å². The summed E-state index contributed by atoms with van der Waals surface area (Å²) in [7, 11) is 0. The van der Waals surface area contributed by atoms with E-state index < -0.39 is 23.6 Å². The monoisotopic (exact) mass is 466 g/mol. The van der Waals surface area contributed by atoms with Gasteiger partial charge >= 0.3 is 0 Å². The number of thiophene rings is 1. The minimum Gasteiger partial charge on any atom is -0.344 e. The van der Waals surface area contributed by atoms with Crippen LogP contribution in [0.2, 0.25) is 0 Å². The van der Waals surface area contributed by atoms with Crippen molar-refractivity contribution in [3.8, 4) is 0 Å². The molecule has 0 radical (unpaired) electrons. The smallest absolute Gasteiger partial charge is 0.292 e. The summed E-state index contributed by atoms with van der Waals surface area (Å²) in [6, 6.07) is 6.08. The topological polar surface area (TPSA) is 127 Å². The number of hydrogen-bond donors (Lipinski definition) is 2. The van der Waals surface area contributed by atoms with Gasteiger partial charge in [-0.25, -0.2) is 4.98 Å². The lowest BCUT2D eigenvalue weighted by Gasteiger charge is -2.24. The van der Waals surface area contributed by atoms with Gasteiger partial charge in [0.1, 0.15) is 11.9 Å². The van der Waals surface area contributed by atoms with Crippen LogP contribution in [0.3, 0.4) is 0 Å². The molecule has 33 heavy (non-hydrogen) atoms. The van der Waals surface area contributed by atoms with E-state index in [2.05, 4.69) is 15.6 Å². The fraction of sp³-hybridized carbons (Fsp3) is 0.304. The summed E-state index contributed by atoms with van der Waals surface area (Å²) in [5.41, 5.74) is 1.42. The second-order valence-corrected chi connectivity index (χ2v) is 8.75. The van der Waals surface area contributed by atoms with Crippen LogP contribution in [0.15, 0.2) is 34.4 Å². The molecule has 1 aliphatic heterocycles. The molecule has 0 bridgehead atoms. The number of rotatable bonds is 6. The standard InChI is InChI=1S/C23H22N4O5S/c1-3-13-4-6-14(7-5-13)20(29)22(31)24-10-17-19-15(11-33-17)23(32)27(12(2)25-19)16-8-9-18(28)26-21(16)30/h4-7,11,16H,3,8-10H2,1-2H3,(H,24,31)(H,26,28,30). The van der Waals surface area contributed by atoms with E-state index in [1.165, 1.54) is 15.9 Å². The zero-order valence-corrected chi connectivity index (χ0v) is 19.0. The Morgan fingerprint density at radius 3 is 2.61 bits per heavy atom. The molecule has 170 valence electrons. The minimum absolute atomic E-state index is 0.0418. The number of piperidine rings is 1. The van der Waals surface area contributed by atoms with Crippen LogP contribution in [0.1, 0.15) is 52.4 Å². The molecule has 1 unspecified atom stereocenters. The number of aryl methyl sites for hydroxylation is 2. The van der Waals surface area contributed by atoms with Crippen molar-refractivity contribution in [3.63, 3.8) is 0 Å². The Morgan fingerprint density at radius 2 is 1.94 bits per heavy atom. The number of Topliss-reactive ketones (excluding diaryl/α,β-unsaturated/α-hetero) is 1. The molecule has 3 heterocycles. The van der Waals surface area contributed by atoms with Gasteiger partial charge in [-0.3, -0.25) is 33.9 Å². The first-order valence-corrected chi connectivity index (χ1v) is 11.4. The molecule has 1 saturated heterocycles. The first-order valence-electron chi connectivity index (χ1n) is 10.5. The Bertz CT molecular complexity index is 1340. The average Bonchev–Trinajstić information content (AvgIpc) is 3.21. The number of carbonyl (C=O) groups is 4. The van der Waals surface area contributed by atoms with Crippen LogP contribution in [0, 0.1) is 6.92 Å². The average molecular weight is 467 g/mol. The maximum atomic E-state index is 13.1. The molecule has 0 spiro atoms. The number of nitrogens with zero attached hydrogens (tertiary/aromatic N) is 2. The Kier molecular flexibility index (Phi) is 6.19. The van der Waals surface area contributed by atoms with Crippen LogP contribution in [-0.2, 0) is 27.3 Å². The van der Waals surface area contributed by atoms with Crippen LogP contribution in [0.5, 0.6) is 0 Å². The van der Waals surface area contributed by atoms with Crippen molar-refractivity contribution in [1.82, 2.24) is 20.2 Å². The number of amides is 3. The lowest BCUT2D eigenvalue weighted by atomic mass is 10.1. The van der Waals surface area contributed by atoms with E-state index in [0.29, 0.717) is 27.2 Å². The van der Waals surface area contributed by atoms with Gasteiger partial charge in [-0.15, -0.1) is 11.3 Å². The highest BCUT2D eigenvalue weighted by Gasteiger charge is 2.31. The third-order valence-electron chi connectivity index (χ3n) is 5.67. The Labute approximate surface area is 192 Å². The summed E-state index contributed by atoms with van der Waals surface area (Å²) in [6.45, 7) is 3.67. The van der Waals surface area contributed by atoms with Crippen molar-refractivity contribution < 1.29 is 19.2 Å². The number of nitrogens with one attached hydrogen (secondary N) is 2. The van der Waals surface area contributed by atoms with Crippen LogP contribution in [0.4, 0.5) is 0 Å². The maximum Gasteiger partial charge on any atom is 0.292 e. The van der Waals surface area contributed by atoms with Crippen LogP contribution >= 0.6 is 11.3 Å². The van der Waals surface area contributed by atoms with Gasteiger partial charge in [0.25, 0.3) is 11.5 Å². The molecule has 3 amide bonds. The van der Waals surface area contributed by atoms with Crippen LogP contribution in [0.25, 0.3) is 10.9 Å². The first-order chi connectivity index (χ1) is 15.8. The van der Waals surface area contributed by atoms with E-state index in [0.717, 1.165) is 12.0 Å². The summed E-state index contributed by atoms with van der Waals surface area (Å²) < 4.78 is 1.31. The second-order valence-electron chi connectivity index (χ2n) is 7.78. The number of aromatic nitrogens is 2. The highest BCUT2D eigenvalue weighted by atomic mass is 32.1. The van der Waals surface area contributed by atoms with Gasteiger partial charge in [0.05, 0.1) is 22.3 Å². The molecule has 10 heteroatoms. The molecule has 1 aromatic carbocycles. The molecule has 4 rings (SSSR count). The molecule has 3 aromatic rings. The Morgan fingerprint density at radius 1 is 1.21 bits per heavy atom. The molecule has 1 atom stereocenters. The van der Waals surface area contributed by atoms with Crippen molar-refractivity contribution in [3.05, 3.63) is 61.8 Å². The molecule has 1 fully saturated rings. The third-order valence-corrected chi connectivity index (χ3v) is 6.65. The molecule has 0 saturated carbocycles. The number of imide groups is 1. The number of carbonyl (C=O) groups excluding carboxylic acids is 4. The van der Waals surface area contributed by atoms with Crippen molar-refractivity contribution in [2.24, 2.45) is 0 Å². The van der Waals surface area contributed by atoms with Crippen molar-refractivity contribution >= 4 is 45.7 Å². The molecule has 2 N–H and O–H groups in total. The van der Waals surface area contributed by atoms with E-state index in [1.54, 1.807) is 24.4 Å². The lowest BCUT2D eigenvalue weighted by molar-refractivity contribution is -0.135. The first kappa shape index (κ1) is 22.5. The van der Waals surface area contributed by atoms with Crippen molar-refractivity contribution in [1.29, 1.82) is 0 Å². The van der Waals surface area contributed by atoms with Gasteiger partial charge in [-0.05, 0) is 25.3 Å². The SMILES string of the molecule is CCc1ccc(C(=O)C(=O)NCc2scc3c(=O)n(C4CCC(=O)NC4=O)c(C)nc23)cc1. The molecular weight excluding hydrogens is 444 g/mol. The number of ketones is 1. The molecule has 2 aromatic heterocycles. The summed E-state index contributed by atoms with van der Waals surface area (Å²) in [5, 5.41) is 6.81. The lowest BCUT2D eigenvalue weighted by Crippen LogP contribution is -2.45. The second kappa shape index (κ2) is 9.07. The highest BCUT2D eigenvalue weighted by Crippen LogP contribution is 2.25. The van der Waals surface area contributed by atoms with E-state index in [-0.39, 0.29) is 30.9 Å². The van der Waals surface area contributed by atoms with Crippen LogP contribution < -0.4 is 16.2 Å². The van der Waals surface area contributed by atoms with Gasteiger partial charge < -0.3 is 5.32 Å². The van der Waals surface area contributed by atoms with E-state index in [1.807, 2.05) is 19.1 Å². The molecular formula is C23H22N4O5S. The van der Waals surface area contributed by atoms with Gasteiger partial charge in [-0.1, -0.05) is 31.2 Å². The zero-order valence-electron chi connectivity index (χ0n) is 18.1. The number of benzene rings is 1. The van der Waals surface area contributed by atoms with E-state index >= 15 is 0 Å². The third kappa shape index (κ3) is 4.34. The van der Waals surface area contributed by atoms with Gasteiger partial charge in [0.2, 0.25) is 17.6 Å². The predicted octanol–water partition coefficient (Wildman–Crippen LogP) is 1.81. The van der Waals surface area contributed by atoms with E-state index in [9.17, 15) is 24.0 Å².